The minimum atomic E-state index is -0.0787. The van der Waals surface area contributed by atoms with Crippen LogP contribution >= 0.6 is 0 Å². The van der Waals surface area contributed by atoms with Crippen LogP contribution in [0.3, 0.4) is 0 Å². The maximum absolute atomic E-state index is 13.3. The Morgan fingerprint density at radius 2 is 1.96 bits per heavy atom. The maximum Gasteiger partial charge on any atom is 0.230 e. The number of likely N-dealkylation sites (tertiary alicyclic amines) is 2. The Hall–Kier alpha value is -1.35. The van der Waals surface area contributed by atoms with Gasteiger partial charge in [-0.15, -0.1) is 0 Å². The van der Waals surface area contributed by atoms with E-state index < -0.39 is 0 Å². The van der Waals surface area contributed by atoms with Gasteiger partial charge in [0.05, 0.1) is 5.41 Å². The Morgan fingerprint density at radius 1 is 1.12 bits per heavy atom. The van der Waals surface area contributed by atoms with Crippen LogP contribution in [0.2, 0.25) is 0 Å². The van der Waals surface area contributed by atoms with Crippen molar-refractivity contribution in [3.8, 4) is 0 Å². The van der Waals surface area contributed by atoms with Crippen LogP contribution in [-0.4, -0.2) is 41.4 Å². The van der Waals surface area contributed by atoms with Crippen LogP contribution in [0.1, 0.15) is 56.1 Å². The predicted octanol–water partition coefficient (Wildman–Crippen LogP) is 3.75. The number of rotatable bonds is 3. The van der Waals surface area contributed by atoms with Gasteiger partial charge in [-0.25, -0.2) is 0 Å². The molecule has 1 aromatic carbocycles. The summed E-state index contributed by atoms with van der Waals surface area (Å²) < 4.78 is 0. The molecular weight excluding hydrogens is 296 g/mol. The van der Waals surface area contributed by atoms with Crippen molar-refractivity contribution in [1.82, 2.24) is 9.80 Å². The van der Waals surface area contributed by atoms with Gasteiger partial charge in [-0.3, -0.25) is 9.69 Å². The molecule has 3 fully saturated rings. The zero-order valence-corrected chi connectivity index (χ0v) is 15.0. The lowest BCUT2D eigenvalue weighted by Gasteiger charge is -2.40. The molecule has 3 aliphatic rings. The van der Waals surface area contributed by atoms with Crippen molar-refractivity contribution < 1.29 is 4.79 Å². The third-order valence-corrected chi connectivity index (χ3v) is 6.50. The van der Waals surface area contributed by atoms with Gasteiger partial charge in [-0.05, 0) is 51.1 Å². The van der Waals surface area contributed by atoms with Crippen LogP contribution in [0.15, 0.2) is 24.3 Å². The van der Waals surface area contributed by atoms with Crippen LogP contribution in [0.4, 0.5) is 0 Å². The van der Waals surface area contributed by atoms with E-state index >= 15 is 0 Å². The quantitative estimate of drug-likeness (QED) is 0.844. The summed E-state index contributed by atoms with van der Waals surface area (Å²) in [6.45, 7) is 5.98. The molecule has 1 atom stereocenters. The Balaban J connectivity index is 1.46. The van der Waals surface area contributed by atoms with Crippen LogP contribution in [0.25, 0.3) is 0 Å². The van der Waals surface area contributed by atoms with Gasteiger partial charge in [0, 0.05) is 25.7 Å². The number of carbonyl (C=O) groups is 1. The third-order valence-electron chi connectivity index (χ3n) is 6.50. The second kappa shape index (κ2) is 6.51. The second-order valence-corrected chi connectivity index (χ2v) is 8.26. The van der Waals surface area contributed by atoms with Crippen LogP contribution in [0.5, 0.6) is 0 Å². The lowest BCUT2D eigenvalue weighted by atomic mass is 9.78. The number of amides is 1. The minimum absolute atomic E-state index is 0.0787. The summed E-state index contributed by atoms with van der Waals surface area (Å²) in [5, 5.41) is 0. The number of carbonyl (C=O) groups excluding carboxylic acids is 1. The summed E-state index contributed by atoms with van der Waals surface area (Å²) in [7, 11) is 0. The highest BCUT2D eigenvalue weighted by atomic mass is 16.2. The van der Waals surface area contributed by atoms with Gasteiger partial charge in [0.1, 0.15) is 0 Å². The second-order valence-electron chi connectivity index (χ2n) is 8.26. The molecule has 1 amide bonds. The monoisotopic (exact) mass is 326 g/mol. The van der Waals surface area contributed by atoms with Gasteiger partial charge in [-0.1, -0.05) is 42.7 Å². The first kappa shape index (κ1) is 16.1. The van der Waals surface area contributed by atoms with Gasteiger partial charge < -0.3 is 4.90 Å². The smallest absolute Gasteiger partial charge is 0.230 e. The van der Waals surface area contributed by atoms with Crippen molar-refractivity contribution in [2.75, 3.05) is 19.6 Å². The maximum atomic E-state index is 13.3. The average Bonchev–Trinajstić information content (AvgIpc) is 3.22. The zero-order valence-electron chi connectivity index (χ0n) is 15.0. The molecule has 1 saturated carbocycles. The molecule has 24 heavy (non-hydrogen) atoms. The fourth-order valence-corrected chi connectivity index (χ4v) is 5.20. The first-order valence-electron chi connectivity index (χ1n) is 9.75. The highest BCUT2D eigenvalue weighted by molar-refractivity contribution is 5.84. The first-order chi connectivity index (χ1) is 11.7. The van der Waals surface area contributed by atoms with E-state index in [1.54, 1.807) is 0 Å². The Bertz CT molecular complexity index is 608. The van der Waals surface area contributed by atoms with Crippen LogP contribution in [-0.2, 0) is 11.3 Å². The Morgan fingerprint density at radius 3 is 2.75 bits per heavy atom. The summed E-state index contributed by atoms with van der Waals surface area (Å²) in [5.41, 5.74) is 2.47. The molecule has 130 valence electrons. The molecule has 1 aromatic rings. The zero-order chi connectivity index (χ0) is 16.6. The van der Waals surface area contributed by atoms with E-state index in [-0.39, 0.29) is 5.41 Å². The normalized spacial score (nSPS) is 29.0. The molecule has 3 heteroatoms. The van der Waals surface area contributed by atoms with Gasteiger partial charge in [0.15, 0.2) is 0 Å². The van der Waals surface area contributed by atoms with Crippen LogP contribution in [0, 0.1) is 12.3 Å². The largest absolute Gasteiger partial charge is 0.338 e. The lowest BCUT2D eigenvalue weighted by molar-refractivity contribution is -0.146. The van der Waals surface area contributed by atoms with E-state index in [2.05, 4.69) is 41.0 Å². The first-order valence-corrected chi connectivity index (χ1v) is 9.75. The molecule has 1 unspecified atom stereocenters. The molecule has 1 aliphatic carbocycles. The number of hydrogen-bond donors (Lipinski definition) is 0. The predicted molar refractivity (Wildman–Crippen MR) is 96.7 cm³/mol. The molecule has 2 heterocycles. The minimum Gasteiger partial charge on any atom is -0.338 e. The molecule has 2 saturated heterocycles. The molecule has 1 spiro atoms. The fraction of sp³-hybridized carbons (Fsp3) is 0.667. The van der Waals surface area contributed by atoms with Crippen LogP contribution < -0.4 is 0 Å². The van der Waals surface area contributed by atoms with Gasteiger partial charge in [-0.2, -0.15) is 0 Å². The molecule has 0 N–H and O–H groups in total. The summed E-state index contributed by atoms with van der Waals surface area (Å²) >= 11 is 0. The molecule has 2 aliphatic heterocycles. The van der Waals surface area contributed by atoms with E-state index in [1.807, 2.05) is 0 Å². The number of piperidine rings is 1. The summed E-state index contributed by atoms with van der Waals surface area (Å²) in [5.74, 6) is 0.427. The van der Waals surface area contributed by atoms with Crippen molar-refractivity contribution in [1.29, 1.82) is 0 Å². The van der Waals surface area contributed by atoms with Gasteiger partial charge >= 0.3 is 0 Å². The summed E-state index contributed by atoms with van der Waals surface area (Å²) in [4.78, 5) is 18.1. The summed E-state index contributed by atoms with van der Waals surface area (Å²) in [6, 6.07) is 9.35. The SMILES string of the molecule is Cc1cccc(CN2CCCC3(CCN(C4CCCC4)C3)C2=O)c1. The van der Waals surface area contributed by atoms with E-state index in [9.17, 15) is 4.79 Å². The molecular formula is C21H30N2O. The van der Waals surface area contributed by atoms with Crippen molar-refractivity contribution in [3.05, 3.63) is 35.4 Å². The highest BCUT2D eigenvalue weighted by Crippen LogP contribution is 2.42. The molecule has 0 radical (unpaired) electrons. The van der Waals surface area contributed by atoms with Gasteiger partial charge in [0.25, 0.3) is 0 Å². The van der Waals surface area contributed by atoms with Crippen molar-refractivity contribution in [2.45, 2.75) is 64.5 Å². The lowest BCUT2D eigenvalue weighted by Crippen LogP contribution is -2.50. The molecule has 3 nitrogen and oxygen atoms in total. The summed E-state index contributed by atoms with van der Waals surface area (Å²) in [6.07, 6.45) is 8.78. The molecule has 0 aromatic heterocycles. The standard InChI is InChI=1S/C21H30N2O/c1-17-6-4-7-18(14-17)15-22-12-5-10-21(20(22)24)11-13-23(16-21)19-8-2-3-9-19/h4,6-7,14,19H,2-3,5,8-13,15-16H2,1H3. The number of aryl methyl sites for hydroxylation is 1. The molecule has 4 rings (SSSR count). The van der Waals surface area contributed by atoms with E-state index in [0.717, 1.165) is 51.5 Å². The van der Waals surface area contributed by atoms with E-state index in [4.69, 9.17) is 0 Å². The van der Waals surface area contributed by atoms with Gasteiger partial charge in [0.2, 0.25) is 5.91 Å². The fourth-order valence-electron chi connectivity index (χ4n) is 5.20. The van der Waals surface area contributed by atoms with E-state index in [1.165, 1.54) is 36.8 Å². The van der Waals surface area contributed by atoms with Crippen molar-refractivity contribution in [3.63, 3.8) is 0 Å². The van der Waals surface area contributed by atoms with Crippen molar-refractivity contribution >= 4 is 5.91 Å². The average molecular weight is 326 g/mol. The molecule has 0 bridgehead atoms. The Kier molecular flexibility index (Phi) is 4.38. The van der Waals surface area contributed by atoms with Crippen molar-refractivity contribution in [2.24, 2.45) is 5.41 Å². The number of hydrogen-bond acceptors (Lipinski definition) is 2. The topological polar surface area (TPSA) is 23.6 Å². The Labute approximate surface area is 146 Å². The third kappa shape index (κ3) is 2.99. The number of benzene rings is 1. The number of nitrogens with zero attached hydrogens (tertiary/aromatic N) is 2. The highest BCUT2D eigenvalue weighted by Gasteiger charge is 2.49. The van der Waals surface area contributed by atoms with E-state index in [0.29, 0.717) is 5.91 Å².